The van der Waals surface area contributed by atoms with E-state index in [9.17, 15) is 14.5 Å². The molecule has 0 N–H and O–H groups in total. The van der Waals surface area contributed by atoms with Crippen LogP contribution in [-0.4, -0.2) is 12.0 Å². The Kier molecular flexibility index (Phi) is 3.50. The van der Waals surface area contributed by atoms with Crippen LogP contribution in [0.1, 0.15) is 11.1 Å². The number of non-ortho nitro benzene ring substituents is 1. The molecule has 0 unspecified atom stereocenters. The van der Waals surface area contributed by atoms with Crippen molar-refractivity contribution in [1.29, 1.82) is 0 Å². The Labute approximate surface area is 126 Å². The van der Waals surface area contributed by atoms with E-state index < -0.39 is 10.7 Å². The molecule has 1 aliphatic heterocycles. The van der Waals surface area contributed by atoms with Crippen molar-refractivity contribution in [2.24, 2.45) is 0 Å². The SMILES string of the molecule is COc1cc2c(cc1F)CN(c1ccc([N+](=O)[O-])cc1)C=C2. The fraction of sp³-hybridized carbons (Fsp3) is 0.125. The topological polar surface area (TPSA) is 55.6 Å². The van der Waals surface area contributed by atoms with Gasteiger partial charge in [-0.25, -0.2) is 4.39 Å². The van der Waals surface area contributed by atoms with Gasteiger partial charge in [-0.2, -0.15) is 0 Å². The molecule has 0 radical (unpaired) electrons. The number of fused-ring (bicyclic) bond motifs is 1. The van der Waals surface area contributed by atoms with Crippen LogP contribution in [0.25, 0.3) is 6.08 Å². The van der Waals surface area contributed by atoms with Gasteiger partial charge in [0.1, 0.15) is 0 Å². The van der Waals surface area contributed by atoms with Crippen LogP contribution in [0.3, 0.4) is 0 Å². The highest BCUT2D eigenvalue weighted by Gasteiger charge is 2.16. The van der Waals surface area contributed by atoms with Gasteiger partial charge in [0, 0.05) is 30.6 Å². The van der Waals surface area contributed by atoms with E-state index in [1.54, 1.807) is 18.2 Å². The summed E-state index contributed by atoms with van der Waals surface area (Å²) in [5.74, 6) is -0.188. The lowest BCUT2D eigenvalue weighted by molar-refractivity contribution is -0.384. The molecule has 22 heavy (non-hydrogen) atoms. The number of hydrogen-bond donors (Lipinski definition) is 0. The predicted octanol–water partition coefficient (Wildman–Crippen LogP) is 3.73. The molecule has 0 amide bonds. The number of benzene rings is 2. The molecule has 1 aliphatic rings. The fourth-order valence-electron chi connectivity index (χ4n) is 2.41. The highest BCUT2D eigenvalue weighted by atomic mass is 19.1. The largest absolute Gasteiger partial charge is 0.494 e. The molecule has 0 aliphatic carbocycles. The molecule has 6 heteroatoms. The van der Waals surface area contributed by atoms with Gasteiger partial charge in [0.25, 0.3) is 5.69 Å². The number of hydrogen-bond acceptors (Lipinski definition) is 4. The highest BCUT2D eigenvalue weighted by Crippen LogP contribution is 2.30. The van der Waals surface area contributed by atoms with Crippen LogP contribution in [0.5, 0.6) is 5.75 Å². The summed E-state index contributed by atoms with van der Waals surface area (Å²) in [4.78, 5) is 12.1. The van der Waals surface area contributed by atoms with E-state index in [0.717, 1.165) is 16.8 Å². The smallest absolute Gasteiger partial charge is 0.269 e. The Morgan fingerprint density at radius 1 is 1.27 bits per heavy atom. The number of anilines is 1. The zero-order valence-corrected chi connectivity index (χ0v) is 11.8. The number of rotatable bonds is 3. The quantitative estimate of drug-likeness (QED) is 0.640. The predicted molar refractivity (Wildman–Crippen MR) is 81.3 cm³/mol. The van der Waals surface area contributed by atoms with Crippen LogP contribution in [0.4, 0.5) is 15.8 Å². The lowest BCUT2D eigenvalue weighted by Gasteiger charge is -2.25. The molecule has 0 bridgehead atoms. The Morgan fingerprint density at radius 3 is 2.64 bits per heavy atom. The van der Waals surface area contributed by atoms with Crippen molar-refractivity contribution in [2.45, 2.75) is 6.54 Å². The molecule has 2 aromatic carbocycles. The van der Waals surface area contributed by atoms with Crippen molar-refractivity contribution in [3.8, 4) is 5.75 Å². The van der Waals surface area contributed by atoms with Crippen molar-refractivity contribution in [3.05, 3.63) is 69.7 Å². The van der Waals surface area contributed by atoms with Crippen molar-refractivity contribution >= 4 is 17.5 Å². The zero-order valence-electron chi connectivity index (χ0n) is 11.8. The summed E-state index contributed by atoms with van der Waals surface area (Å²) >= 11 is 0. The monoisotopic (exact) mass is 300 g/mol. The minimum Gasteiger partial charge on any atom is -0.494 e. The first-order valence-electron chi connectivity index (χ1n) is 6.64. The van der Waals surface area contributed by atoms with E-state index in [4.69, 9.17) is 4.74 Å². The Hall–Kier alpha value is -2.89. The Bertz CT molecular complexity index is 757. The number of nitro groups is 1. The van der Waals surface area contributed by atoms with Crippen molar-refractivity contribution < 1.29 is 14.1 Å². The molecular formula is C16H13FN2O3. The fourth-order valence-corrected chi connectivity index (χ4v) is 2.41. The number of ether oxygens (including phenoxy) is 1. The molecule has 0 saturated carbocycles. The van der Waals surface area contributed by atoms with Gasteiger partial charge in [-0.1, -0.05) is 0 Å². The second-order valence-corrected chi connectivity index (χ2v) is 4.90. The average Bonchev–Trinajstić information content (AvgIpc) is 2.53. The van der Waals surface area contributed by atoms with E-state index in [0.29, 0.717) is 6.54 Å². The second-order valence-electron chi connectivity index (χ2n) is 4.90. The van der Waals surface area contributed by atoms with E-state index in [-0.39, 0.29) is 11.4 Å². The summed E-state index contributed by atoms with van der Waals surface area (Å²) in [6, 6.07) is 9.37. The van der Waals surface area contributed by atoms with Crippen LogP contribution >= 0.6 is 0 Å². The van der Waals surface area contributed by atoms with Gasteiger partial charge in [0.05, 0.1) is 12.0 Å². The normalized spacial score (nSPS) is 12.9. The number of nitro benzene ring substituents is 1. The van der Waals surface area contributed by atoms with Gasteiger partial charge in [0.15, 0.2) is 11.6 Å². The average molecular weight is 300 g/mol. The maximum atomic E-state index is 13.8. The van der Waals surface area contributed by atoms with Gasteiger partial charge in [-0.05, 0) is 41.5 Å². The van der Waals surface area contributed by atoms with E-state index >= 15 is 0 Å². The molecule has 0 aromatic heterocycles. The molecule has 2 aromatic rings. The summed E-state index contributed by atoms with van der Waals surface area (Å²) < 4.78 is 18.8. The molecule has 0 spiro atoms. The first kappa shape index (κ1) is 14.1. The van der Waals surface area contributed by atoms with Crippen molar-refractivity contribution in [2.75, 3.05) is 12.0 Å². The molecule has 5 nitrogen and oxygen atoms in total. The number of halogens is 1. The lowest BCUT2D eigenvalue weighted by Crippen LogP contribution is -2.19. The standard InChI is InChI=1S/C16H13FN2O3/c1-22-16-9-11-6-7-18(10-12(11)8-15(16)17)13-2-4-14(5-3-13)19(20)21/h2-9H,10H2,1H3. The third kappa shape index (κ3) is 2.50. The maximum Gasteiger partial charge on any atom is 0.269 e. The summed E-state index contributed by atoms with van der Waals surface area (Å²) in [5, 5.41) is 10.7. The van der Waals surface area contributed by atoms with E-state index in [1.807, 2.05) is 17.2 Å². The zero-order chi connectivity index (χ0) is 15.7. The van der Waals surface area contributed by atoms with Crippen LogP contribution in [-0.2, 0) is 6.54 Å². The highest BCUT2D eigenvalue weighted by molar-refractivity contribution is 5.66. The minimum absolute atomic E-state index is 0.0425. The molecule has 0 atom stereocenters. The van der Waals surface area contributed by atoms with E-state index in [1.165, 1.54) is 25.3 Å². The third-order valence-electron chi connectivity index (χ3n) is 3.58. The Morgan fingerprint density at radius 2 is 2.00 bits per heavy atom. The van der Waals surface area contributed by atoms with Crippen molar-refractivity contribution in [1.82, 2.24) is 0 Å². The van der Waals surface area contributed by atoms with Crippen LogP contribution in [0.2, 0.25) is 0 Å². The molecule has 0 saturated heterocycles. The molecule has 0 fully saturated rings. The number of methoxy groups -OCH3 is 1. The second kappa shape index (κ2) is 5.48. The Balaban J connectivity index is 1.88. The summed E-state index contributed by atoms with van der Waals surface area (Å²) in [6.45, 7) is 0.491. The summed E-state index contributed by atoms with van der Waals surface area (Å²) in [6.07, 6.45) is 3.73. The maximum absolute atomic E-state index is 13.8. The summed E-state index contributed by atoms with van der Waals surface area (Å²) in [5.41, 5.74) is 2.58. The van der Waals surface area contributed by atoms with E-state index in [2.05, 4.69) is 0 Å². The van der Waals surface area contributed by atoms with Gasteiger partial charge in [0.2, 0.25) is 0 Å². The van der Waals surface area contributed by atoms with Gasteiger partial charge >= 0.3 is 0 Å². The first-order chi connectivity index (χ1) is 10.6. The molecule has 112 valence electrons. The van der Waals surface area contributed by atoms with Crippen LogP contribution in [0.15, 0.2) is 42.6 Å². The minimum atomic E-state index is -0.438. The van der Waals surface area contributed by atoms with Gasteiger partial charge in [-0.3, -0.25) is 10.1 Å². The lowest BCUT2D eigenvalue weighted by atomic mass is 10.0. The van der Waals surface area contributed by atoms with Gasteiger partial charge < -0.3 is 9.64 Å². The number of nitrogens with zero attached hydrogens (tertiary/aromatic N) is 2. The van der Waals surface area contributed by atoms with Crippen LogP contribution in [0, 0.1) is 15.9 Å². The molecule has 1 heterocycles. The summed E-state index contributed by atoms with van der Waals surface area (Å²) in [7, 11) is 1.43. The molecule has 3 rings (SSSR count). The van der Waals surface area contributed by atoms with Crippen LogP contribution < -0.4 is 9.64 Å². The first-order valence-corrected chi connectivity index (χ1v) is 6.64. The third-order valence-corrected chi connectivity index (χ3v) is 3.58. The molecular weight excluding hydrogens is 287 g/mol. The van der Waals surface area contributed by atoms with Gasteiger partial charge in [-0.15, -0.1) is 0 Å². The van der Waals surface area contributed by atoms with Crippen molar-refractivity contribution in [3.63, 3.8) is 0 Å².